The first-order valence-corrected chi connectivity index (χ1v) is 13.5. The number of benzene rings is 1. The van der Waals surface area contributed by atoms with Crippen LogP contribution in [-0.4, -0.2) is 99.1 Å². The maximum atomic E-state index is 6.22. The summed E-state index contributed by atoms with van der Waals surface area (Å²) in [5, 5.41) is 8.00. The lowest BCUT2D eigenvalue weighted by molar-refractivity contribution is 0.254. The van der Waals surface area contributed by atoms with Crippen molar-refractivity contribution in [3.8, 4) is 11.5 Å². The SMILES string of the molecule is COc1cc2c(NCN3CCNCC3)nc(N3CCCCC3)nc2cc1OCCCN1CCCC1. The highest BCUT2D eigenvalue weighted by Gasteiger charge is 2.20. The number of hydrogen-bond acceptors (Lipinski definition) is 9. The summed E-state index contributed by atoms with van der Waals surface area (Å²) >= 11 is 0. The Labute approximate surface area is 209 Å². The Bertz CT molecular complexity index is 954. The molecule has 5 rings (SSSR count). The van der Waals surface area contributed by atoms with Crippen molar-refractivity contribution in [2.24, 2.45) is 0 Å². The van der Waals surface area contributed by atoms with Crippen LogP contribution in [0.25, 0.3) is 10.9 Å². The van der Waals surface area contributed by atoms with Gasteiger partial charge in [0.25, 0.3) is 0 Å². The second-order valence-corrected chi connectivity index (χ2v) is 9.89. The number of piperazine rings is 1. The molecule has 0 radical (unpaired) electrons. The third-order valence-corrected chi connectivity index (χ3v) is 7.36. The molecule has 9 heteroatoms. The number of aromatic nitrogens is 2. The first-order chi connectivity index (χ1) is 17.3. The molecule has 3 aliphatic heterocycles. The van der Waals surface area contributed by atoms with Crippen molar-refractivity contribution in [3.63, 3.8) is 0 Å². The van der Waals surface area contributed by atoms with Crippen LogP contribution in [0.5, 0.6) is 11.5 Å². The Morgan fingerprint density at radius 2 is 1.66 bits per heavy atom. The molecule has 0 aliphatic carbocycles. The zero-order chi connectivity index (χ0) is 23.9. The number of ether oxygens (including phenoxy) is 2. The Kier molecular flexibility index (Phi) is 8.38. The minimum Gasteiger partial charge on any atom is -0.493 e. The van der Waals surface area contributed by atoms with Gasteiger partial charge in [-0.25, -0.2) is 4.98 Å². The molecule has 3 saturated heterocycles. The fourth-order valence-electron chi connectivity index (χ4n) is 5.30. The molecule has 0 amide bonds. The molecule has 3 fully saturated rings. The molecule has 0 bridgehead atoms. The van der Waals surface area contributed by atoms with Gasteiger partial charge in [-0.15, -0.1) is 0 Å². The molecule has 1 aromatic carbocycles. The van der Waals surface area contributed by atoms with Gasteiger partial charge in [0, 0.05) is 57.3 Å². The third kappa shape index (κ3) is 6.26. The van der Waals surface area contributed by atoms with Gasteiger partial charge in [-0.05, 0) is 57.7 Å². The highest BCUT2D eigenvalue weighted by molar-refractivity contribution is 5.92. The van der Waals surface area contributed by atoms with Crippen LogP contribution >= 0.6 is 0 Å². The van der Waals surface area contributed by atoms with Crippen LogP contribution in [0.15, 0.2) is 12.1 Å². The van der Waals surface area contributed by atoms with Gasteiger partial charge in [-0.3, -0.25) is 4.90 Å². The lowest BCUT2D eigenvalue weighted by Crippen LogP contribution is -2.45. The van der Waals surface area contributed by atoms with Crippen molar-refractivity contribution in [2.45, 2.75) is 38.5 Å². The molecule has 0 saturated carbocycles. The van der Waals surface area contributed by atoms with Gasteiger partial charge in [0.05, 0.1) is 25.9 Å². The fraction of sp³-hybridized carbons (Fsp3) is 0.692. The smallest absolute Gasteiger partial charge is 0.227 e. The molecule has 0 unspecified atom stereocenters. The van der Waals surface area contributed by atoms with Gasteiger partial charge in [0.15, 0.2) is 11.5 Å². The summed E-state index contributed by atoms with van der Waals surface area (Å²) in [5.74, 6) is 3.18. The average molecular weight is 484 g/mol. The van der Waals surface area contributed by atoms with E-state index in [9.17, 15) is 0 Å². The minimum atomic E-state index is 0.677. The topological polar surface area (TPSA) is 78.0 Å². The highest BCUT2D eigenvalue weighted by Crippen LogP contribution is 2.35. The van der Waals surface area contributed by atoms with Crippen LogP contribution in [0, 0.1) is 0 Å². The van der Waals surface area contributed by atoms with Gasteiger partial charge in [0.1, 0.15) is 5.82 Å². The van der Waals surface area contributed by atoms with E-state index >= 15 is 0 Å². The zero-order valence-corrected chi connectivity index (χ0v) is 21.2. The molecule has 1 aromatic heterocycles. The van der Waals surface area contributed by atoms with Gasteiger partial charge in [-0.1, -0.05) is 0 Å². The maximum absolute atomic E-state index is 6.22. The van der Waals surface area contributed by atoms with E-state index in [4.69, 9.17) is 19.4 Å². The van der Waals surface area contributed by atoms with E-state index in [2.05, 4.69) is 25.3 Å². The summed E-state index contributed by atoms with van der Waals surface area (Å²) in [4.78, 5) is 17.2. The van der Waals surface area contributed by atoms with Crippen LogP contribution in [0.2, 0.25) is 0 Å². The lowest BCUT2D eigenvalue weighted by Gasteiger charge is -2.29. The lowest BCUT2D eigenvalue weighted by atomic mass is 10.1. The Hall–Kier alpha value is -2.36. The quantitative estimate of drug-likeness (QED) is 0.496. The molecule has 2 aromatic rings. The van der Waals surface area contributed by atoms with Gasteiger partial charge < -0.3 is 29.9 Å². The van der Waals surface area contributed by atoms with Crippen molar-refractivity contribution in [2.75, 3.05) is 89.5 Å². The van der Waals surface area contributed by atoms with Crippen molar-refractivity contribution in [1.29, 1.82) is 0 Å². The summed E-state index contributed by atoms with van der Waals surface area (Å²) in [6.45, 7) is 11.1. The molecule has 9 nitrogen and oxygen atoms in total. The van der Waals surface area contributed by atoms with E-state index in [0.29, 0.717) is 6.61 Å². The molecule has 4 heterocycles. The standard InChI is InChI=1S/C26H41N7O2/c1-34-23-18-21-22(19-24(23)35-17-7-12-31-10-5-6-11-31)29-26(33-13-3-2-4-14-33)30-25(21)28-20-32-15-8-27-9-16-32/h18-19,27H,2-17,20H2,1H3,(H,28,29,30). The first-order valence-electron chi connectivity index (χ1n) is 13.5. The Morgan fingerprint density at radius 3 is 2.43 bits per heavy atom. The summed E-state index contributed by atoms with van der Waals surface area (Å²) in [5.41, 5.74) is 0.902. The summed E-state index contributed by atoms with van der Waals surface area (Å²) in [6.07, 6.45) is 7.33. The van der Waals surface area contributed by atoms with Gasteiger partial charge in [0.2, 0.25) is 5.95 Å². The summed E-state index contributed by atoms with van der Waals surface area (Å²) in [6, 6.07) is 4.07. The number of piperidine rings is 1. The Balaban J connectivity index is 1.37. The van der Waals surface area contributed by atoms with Crippen LogP contribution in [-0.2, 0) is 0 Å². The number of methoxy groups -OCH3 is 1. The molecule has 3 aliphatic rings. The van der Waals surface area contributed by atoms with Crippen LogP contribution in [0.4, 0.5) is 11.8 Å². The molecular weight excluding hydrogens is 442 g/mol. The number of nitrogens with zero attached hydrogens (tertiary/aromatic N) is 5. The largest absolute Gasteiger partial charge is 0.493 e. The van der Waals surface area contributed by atoms with E-state index in [0.717, 1.165) is 93.1 Å². The monoisotopic (exact) mass is 483 g/mol. The van der Waals surface area contributed by atoms with Gasteiger partial charge in [-0.2, -0.15) is 4.98 Å². The first kappa shape index (κ1) is 24.3. The van der Waals surface area contributed by atoms with E-state index in [1.54, 1.807) is 7.11 Å². The number of hydrogen-bond donors (Lipinski definition) is 2. The van der Waals surface area contributed by atoms with E-state index in [1.165, 1.54) is 45.2 Å². The van der Waals surface area contributed by atoms with E-state index in [1.807, 2.05) is 12.1 Å². The van der Waals surface area contributed by atoms with Crippen molar-refractivity contribution >= 4 is 22.7 Å². The predicted molar refractivity (Wildman–Crippen MR) is 141 cm³/mol. The molecule has 0 spiro atoms. The number of nitrogens with one attached hydrogen (secondary N) is 2. The minimum absolute atomic E-state index is 0.677. The molecule has 0 atom stereocenters. The molecular formula is C26H41N7O2. The van der Waals surface area contributed by atoms with Crippen molar-refractivity contribution in [3.05, 3.63) is 12.1 Å². The average Bonchev–Trinajstić information content (AvgIpc) is 3.44. The number of fused-ring (bicyclic) bond motifs is 1. The second kappa shape index (κ2) is 12.1. The Morgan fingerprint density at radius 1 is 0.886 bits per heavy atom. The summed E-state index contributed by atoms with van der Waals surface area (Å²) < 4.78 is 11.9. The highest BCUT2D eigenvalue weighted by atomic mass is 16.5. The summed E-state index contributed by atoms with van der Waals surface area (Å²) in [7, 11) is 1.70. The van der Waals surface area contributed by atoms with Gasteiger partial charge >= 0.3 is 0 Å². The fourth-order valence-corrected chi connectivity index (χ4v) is 5.30. The molecule has 2 N–H and O–H groups in total. The number of likely N-dealkylation sites (tertiary alicyclic amines) is 1. The zero-order valence-electron chi connectivity index (χ0n) is 21.2. The van der Waals surface area contributed by atoms with E-state index < -0.39 is 0 Å². The van der Waals surface area contributed by atoms with Crippen LogP contribution in [0.1, 0.15) is 38.5 Å². The van der Waals surface area contributed by atoms with E-state index in [-0.39, 0.29) is 0 Å². The van der Waals surface area contributed by atoms with Crippen LogP contribution in [0.3, 0.4) is 0 Å². The van der Waals surface area contributed by atoms with Crippen molar-refractivity contribution < 1.29 is 9.47 Å². The van der Waals surface area contributed by atoms with Crippen LogP contribution < -0.4 is 25.0 Å². The predicted octanol–water partition coefficient (Wildman–Crippen LogP) is 2.77. The normalized spacial score (nSPS) is 19.9. The molecule has 35 heavy (non-hydrogen) atoms. The number of rotatable bonds is 10. The van der Waals surface area contributed by atoms with Crippen molar-refractivity contribution in [1.82, 2.24) is 25.1 Å². The second-order valence-electron chi connectivity index (χ2n) is 9.89. The number of anilines is 2. The maximum Gasteiger partial charge on any atom is 0.227 e. The third-order valence-electron chi connectivity index (χ3n) is 7.36. The molecule has 192 valence electrons.